The first kappa shape index (κ1) is 17.6. The van der Waals surface area contributed by atoms with Gasteiger partial charge in [-0.25, -0.2) is 4.98 Å². The fraction of sp³-hybridized carbons (Fsp3) is 0.0952. The topological polar surface area (TPSA) is 65.8 Å². The molecule has 3 rings (SSSR count). The molecule has 1 amide bonds. The molecule has 0 unspecified atom stereocenters. The van der Waals surface area contributed by atoms with Crippen LogP contribution in [0, 0.1) is 18.3 Å². The van der Waals surface area contributed by atoms with Gasteiger partial charge in [-0.15, -0.1) is 11.3 Å². The fourth-order valence-corrected chi connectivity index (χ4v) is 3.36. The molecule has 1 N–H and O–H groups in total. The number of hydrogen-bond acceptors (Lipinski definition) is 4. The van der Waals surface area contributed by atoms with E-state index in [-0.39, 0.29) is 12.1 Å². The number of aryl methyl sites for hydroxylation is 1. The number of hydrogen-bond donors (Lipinski definition) is 1. The highest BCUT2D eigenvalue weighted by molar-refractivity contribution is 7.13. The zero-order valence-corrected chi connectivity index (χ0v) is 15.1. The van der Waals surface area contributed by atoms with E-state index in [9.17, 15) is 10.1 Å². The Morgan fingerprint density at radius 1 is 1.19 bits per heavy atom. The molecule has 2 aromatic carbocycles. The lowest BCUT2D eigenvalue weighted by atomic mass is 10.1. The van der Waals surface area contributed by atoms with Gasteiger partial charge in [0.25, 0.3) is 5.91 Å². The lowest BCUT2D eigenvalue weighted by molar-refractivity contribution is -0.117. The van der Waals surface area contributed by atoms with Crippen molar-refractivity contribution >= 4 is 23.3 Å². The zero-order chi connectivity index (χ0) is 18.4. The molecule has 0 atom stereocenters. The van der Waals surface area contributed by atoms with Crippen molar-refractivity contribution in [3.63, 3.8) is 0 Å². The predicted octanol–water partition coefficient (Wildman–Crippen LogP) is 4.34. The molecule has 4 nitrogen and oxygen atoms in total. The van der Waals surface area contributed by atoms with Crippen LogP contribution in [0.1, 0.15) is 16.8 Å². The van der Waals surface area contributed by atoms with Crippen LogP contribution < -0.4 is 5.32 Å². The quantitative estimate of drug-likeness (QED) is 0.544. The number of nitriles is 1. The maximum Gasteiger partial charge on any atom is 0.262 e. The summed E-state index contributed by atoms with van der Waals surface area (Å²) in [6.07, 6.45) is 1.58. The Kier molecular flexibility index (Phi) is 5.57. The van der Waals surface area contributed by atoms with Crippen LogP contribution in [0.2, 0.25) is 0 Å². The Morgan fingerprint density at radius 2 is 1.92 bits per heavy atom. The summed E-state index contributed by atoms with van der Waals surface area (Å²) in [5.41, 5.74) is 3.92. The van der Waals surface area contributed by atoms with Gasteiger partial charge in [0.1, 0.15) is 16.6 Å². The van der Waals surface area contributed by atoms with Crippen LogP contribution in [0.25, 0.3) is 16.6 Å². The SMILES string of the molecule is Cc1ccccc1-c1nc(CNC(=O)/C(C#N)=C/c2ccccc2)cs1. The zero-order valence-electron chi connectivity index (χ0n) is 14.3. The van der Waals surface area contributed by atoms with Gasteiger partial charge >= 0.3 is 0 Å². The molecular formula is C21H17N3OS. The number of aromatic nitrogens is 1. The largest absolute Gasteiger partial charge is 0.346 e. The number of rotatable bonds is 5. The van der Waals surface area contributed by atoms with Gasteiger partial charge in [-0.05, 0) is 24.1 Å². The average molecular weight is 359 g/mol. The Bertz CT molecular complexity index is 984. The summed E-state index contributed by atoms with van der Waals surface area (Å²) in [5.74, 6) is -0.401. The molecule has 128 valence electrons. The molecule has 26 heavy (non-hydrogen) atoms. The summed E-state index contributed by atoms with van der Waals surface area (Å²) < 4.78 is 0. The molecule has 0 spiro atoms. The van der Waals surface area contributed by atoms with E-state index in [0.29, 0.717) is 0 Å². The molecule has 0 aliphatic rings. The van der Waals surface area contributed by atoms with E-state index in [1.807, 2.05) is 73.0 Å². The maximum atomic E-state index is 12.3. The first-order valence-corrected chi connectivity index (χ1v) is 9.01. The van der Waals surface area contributed by atoms with E-state index in [0.717, 1.165) is 27.4 Å². The van der Waals surface area contributed by atoms with Crippen LogP contribution in [0.4, 0.5) is 0 Å². The highest BCUT2D eigenvalue weighted by Crippen LogP contribution is 2.26. The second-order valence-electron chi connectivity index (χ2n) is 5.72. The van der Waals surface area contributed by atoms with Crippen molar-refractivity contribution in [2.75, 3.05) is 0 Å². The summed E-state index contributed by atoms with van der Waals surface area (Å²) in [7, 11) is 0. The van der Waals surface area contributed by atoms with Gasteiger partial charge in [0.2, 0.25) is 0 Å². The van der Waals surface area contributed by atoms with Gasteiger partial charge in [-0.3, -0.25) is 4.79 Å². The average Bonchev–Trinajstić information content (AvgIpc) is 3.14. The third kappa shape index (κ3) is 4.24. The summed E-state index contributed by atoms with van der Waals surface area (Å²) in [6.45, 7) is 2.33. The summed E-state index contributed by atoms with van der Waals surface area (Å²) in [5, 5.41) is 14.9. The van der Waals surface area contributed by atoms with Crippen molar-refractivity contribution in [3.8, 4) is 16.6 Å². The van der Waals surface area contributed by atoms with Crippen LogP contribution in [0.5, 0.6) is 0 Å². The van der Waals surface area contributed by atoms with Crippen molar-refractivity contribution in [3.05, 3.63) is 82.4 Å². The summed E-state index contributed by atoms with van der Waals surface area (Å²) >= 11 is 1.54. The maximum absolute atomic E-state index is 12.3. The Hall–Kier alpha value is -3.23. The number of amides is 1. The molecule has 0 saturated heterocycles. The highest BCUT2D eigenvalue weighted by Gasteiger charge is 2.11. The van der Waals surface area contributed by atoms with Gasteiger partial charge in [0.15, 0.2) is 0 Å². The van der Waals surface area contributed by atoms with Crippen LogP contribution in [0.15, 0.2) is 65.6 Å². The van der Waals surface area contributed by atoms with Crippen molar-refractivity contribution in [2.24, 2.45) is 0 Å². The van der Waals surface area contributed by atoms with Crippen LogP contribution in [-0.4, -0.2) is 10.9 Å². The molecule has 0 bridgehead atoms. The van der Waals surface area contributed by atoms with E-state index in [1.165, 1.54) is 0 Å². The predicted molar refractivity (Wildman–Crippen MR) is 104 cm³/mol. The number of carbonyl (C=O) groups excluding carboxylic acids is 1. The molecule has 0 saturated carbocycles. The Labute approximate surface area is 156 Å². The minimum atomic E-state index is -0.401. The van der Waals surface area contributed by atoms with E-state index in [4.69, 9.17) is 0 Å². The normalized spacial score (nSPS) is 11.0. The summed E-state index contributed by atoms with van der Waals surface area (Å²) in [4.78, 5) is 16.8. The standard InChI is InChI=1S/C21H17N3OS/c1-15-7-5-6-10-19(15)21-24-18(14-26-21)13-23-20(25)17(12-22)11-16-8-3-2-4-9-16/h2-11,14H,13H2,1H3,(H,23,25)/b17-11+. The third-order valence-corrected chi connectivity index (χ3v) is 4.76. The molecular weight excluding hydrogens is 342 g/mol. The molecule has 0 aliphatic carbocycles. The van der Waals surface area contributed by atoms with Gasteiger partial charge in [-0.2, -0.15) is 5.26 Å². The second kappa shape index (κ2) is 8.24. The van der Waals surface area contributed by atoms with Gasteiger partial charge in [-0.1, -0.05) is 54.6 Å². The molecule has 1 aromatic heterocycles. The minimum absolute atomic E-state index is 0.0746. The Balaban J connectivity index is 1.67. The highest BCUT2D eigenvalue weighted by atomic mass is 32.1. The van der Waals surface area contributed by atoms with E-state index in [2.05, 4.69) is 10.3 Å². The molecule has 3 aromatic rings. The van der Waals surface area contributed by atoms with Gasteiger partial charge in [0.05, 0.1) is 12.2 Å². The lowest BCUT2D eigenvalue weighted by Gasteiger charge is -2.03. The first-order valence-electron chi connectivity index (χ1n) is 8.13. The lowest BCUT2D eigenvalue weighted by Crippen LogP contribution is -2.24. The van der Waals surface area contributed by atoms with Crippen LogP contribution >= 0.6 is 11.3 Å². The van der Waals surface area contributed by atoms with Gasteiger partial charge in [0, 0.05) is 10.9 Å². The van der Waals surface area contributed by atoms with E-state index < -0.39 is 5.91 Å². The minimum Gasteiger partial charge on any atom is -0.346 e. The fourth-order valence-electron chi connectivity index (χ4n) is 2.46. The molecule has 5 heteroatoms. The van der Waals surface area contributed by atoms with Crippen molar-refractivity contribution in [1.82, 2.24) is 10.3 Å². The number of carbonyl (C=O) groups is 1. The molecule has 0 aliphatic heterocycles. The Morgan fingerprint density at radius 3 is 2.65 bits per heavy atom. The van der Waals surface area contributed by atoms with Crippen molar-refractivity contribution in [2.45, 2.75) is 13.5 Å². The van der Waals surface area contributed by atoms with Crippen LogP contribution in [0.3, 0.4) is 0 Å². The molecule has 0 fully saturated rings. The van der Waals surface area contributed by atoms with E-state index in [1.54, 1.807) is 17.4 Å². The van der Waals surface area contributed by atoms with Gasteiger partial charge < -0.3 is 5.32 Å². The van der Waals surface area contributed by atoms with Crippen molar-refractivity contribution < 1.29 is 4.79 Å². The summed E-state index contributed by atoms with van der Waals surface area (Å²) in [6, 6.07) is 19.3. The molecule has 0 radical (unpaired) electrons. The smallest absolute Gasteiger partial charge is 0.262 e. The van der Waals surface area contributed by atoms with E-state index >= 15 is 0 Å². The molecule has 1 heterocycles. The number of benzene rings is 2. The monoisotopic (exact) mass is 359 g/mol. The van der Waals surface area contributed by atoms with Crippen LogP contribution in [-0.2, 0) is 11.3 Å². The number of nitrogens with zero attached hydrogens (tertiary/aromatic N) is 2. The van der Waals surface area contributed by atoms with Crippen molar-refractivity contribution in [1.29, 1.82) is 5.26 Å². The first-order chi connectivity index (χ1) is 12.7. The number of nitrogens with one attached hydrogen (secondary N) is 1. The number of thiazole rings is 1. The third-order valence-electron chi connectivity index (χ3n) is 3.83. The second-order valence-corrected chi connectivity index (χ2v) is 6.58.